The first-order valence-electron chi connectivity index (χ1n) is 10.2. The first-order valence-corrected chi connectivity index (χ1v) is 11.5. The van der Waals surface area contributed by atoms with Crippen molar-refractivity contribution in [2.45, 2.75) is 39.3 Å². The van der Waals surface area contributed by atoms with Crippen molar-refractivity contribution in [1.29, 1.82) is 0 Å². The number of nitrogens with zero attached hydrogens (tertiary/aromatic N) is 5. The lowest BCUT2D eigenvalue weighted by Crippen LogP contribution is -2.45. The lowest BCUT2D eigenvalue weighted by Gasteiger charge is -2.38. The third-order valence-electron chi connectivity index (χ3n) is 4.88. The Labute approximate surface area is 200 Å². The van der Waals surface area contributed by atoms with Crippen LogP contribution in [0.5, 0.6) is 0 Å². The highest BCUT2D eigenvalue weighted by Crippen LogP contribution is 2.44. The Balaban J connectivity index is 2.00. The van der Waals surface area contributed by atoms with Gasteiger partial charge in [-0.2, -0.15) is 5.10 Å². The quantitative estimate of drug-likeness (QED) is 0.465. The Morgan fingerprint density at radius 2 is 2.03 bits per heavy atom. The van der Waals surface area contributed by atoms with Gasteiger partial charge in [0.2, 0.25) is 0 Å². The number of aliphatic imine (C=N–C) groups is 1. The van der Waals surface area contributed by atoms with Gasteiger partial charge in [0, 0.05) is 41.1 Å². The van der Waals surface area contributed by atoms with Gasteiger partial charge in [-0.3, -0.25) is 4.68 Å². The van der Waals surface area contributed by atoms with E-state index in [-0.39, 0.29) is 5.02 Å². The van der Waals surface area contributed by atoms with E-state index in [2.05, 4.69) is 10.1 Å². The Hall–Kier alpha value is -3.04. The van der Waals surface area contributed by atoms with Crippen LogP contribution in [0.25, 0.3) is 5.57 Å². The minimum Gasteiger partial charge on any atom is -0.443 e. The van der Waals surface area contributed by atoms with Crippen molar-refractivity contribution in [3.05, 3.63) is 74.8 Å². The molecule has 2 aromatic heterocycles. The molecule has 0 radical (unpaired) electrons. The highest BCUT2D eigenvalue weighted by Gasteiger charge is 2.42. The van der Waals surface area contributed by atoms with E-state index in [4.69, 9.17) is 21.3 Å². The molecule has 0 N–H and O–H groups in total. The number of aryl methyl sites for hydroxylation is 1. The zero-order chi connectivity index (χ0) is 23.9. The van der Waals surface area contributed by atoms with E-state index in [0.29, 0.717) is 33.4 Å². The first kappa shape index (κ1) is 23.1. The van der Waals surface area contributed by atoms with Gasteiger partial charge in [0.15, 0.2) is 10.8 Å². The standard InChI is InChI=1S/C23H23ClFN5O2S/c1-13-18(17-8-10-29(5)28-17)19(15-7-6-14(25)12-16(15)24)30(22(31)32-23(2,3)4)20(27-13)21-26-9-11-33-21/h6-12,19H,1-5H3/t19-/m0/s1. The second-order valence-corrected chi connectivity index (χ2v) is 9.87. The number of amidine groups is 1. The highest BCUT2D eigenvalue weighted by atomic mass is 35.5. The molecule has 1 aromatic carbocycles. The van der Waals surface area contributed by atoms with Crippen molar-refractivity contribution in [2.24, 2.45) is 12.0 Å². The molecule has 0 unspecified atom stereocenters. The Kier molecular flexibility index (Phi) is 6.11. The van der Waals surface area contributed by atoms with Gasteiger partial charge in [0.05, 0.1) is 11.7 Å². The van der Waals surface area contributed by atoms with E-state index in [9.17, 15) is 9.18 Å². The lowest BCUT2D eigenvalue weighted by molar-refractivity contribution is 0.0338. The van der Waals surface area contributed by atoms with Crippen LogP contribution in [-0.2, 0) is 11.8 Å². The van der Waals surface area contributed by atoms with Crippen LogP contribution in [0.15, 0.2) is 52.7 Å². The summed E-state index contributed by atoms with van der Waals surface area (Å²) in [6, 6.07) is 5.18. The Morgan fingerprint density at radius 3 is 2.61 bits per heavy atom. The van der Waals surface area contributed by atoms with Gasteiger partial charge in [0.25, 0.3) is 0 Å². The number of benzene rings is 1. The molecule has 3 aromatic rings. The van der Waals surface area contributed by atoms with E-state index < -0.39 is 23.6 Å². The molecule has 0 saturated carbocycles. The molecule has 1 aliphatic rings. The summed E-state index contributed by atoms with van der Waals surface area (Å²) in [6.45, 7) is 7.20. The Bertz CT molecular complexity index is 1260. The van der Waals surface area contributed by atoms with Crippen LogP contribution in [0, 0.1) is 5.82 Å². The molecule has 7 nitrogen and oxygen atoms in total. The van der Waals surface area contributed by atoms with Gasteiger partial charge < -0.3 is 4.74 Å². The summed E-state index contributed by atoms with van der Waals surface area (Å²) in [7, 11) is 1.80. The number of hydrogen-bond acceptors (Lipinski definition) is 6. The summed E-state index contributed by atoms with van der Waals surface area (Å²) < 4.78 is 21.4. The minimum atomic E-state index is -0.765. The van der Waals surface area contributed by atoms with Crippen LogP contribution in [0.4, 0.5) is 9.18 Å². The van der Waals surface area contributed by atoms with Crippen molar-refractivity contribution < 1.29 is 13.9 Å². The number of thiazole rings is 1. The summed E-state index contributed by atoms with van der Waals surface area (Å²) in [4.78, 5) is 24.2. The molecule has 0 saturated heterocycles. The molecular formula is C23H23ClFN5O2S. The van der Waals surface area contributed by atoms with Crippen molar-refractivity contribution >= 4 is 40.4 Å². The van der Waals surface area contributed by atoms with Crippen LogP contribution < -0.4 is 0 Å². The van der Waals surface area contributed by atoms with Gasteiger partial charge in [0.1, 0.15) is 11.4 Å². The molecular weight excluding hydrogens is 465 g/mol. The van der Waals surface area contributed by atoms with Crippen LogP contribution >= 0.6 is 22.9 Å². The number of rotatable bonds is 3. The predicted molar refractivity (Wildman–Crippen MR) is 127 cm³/mol. The zero-order valence-electron chi connectivity index (χ0n) is 18.8. The number of ether oxygens (including phenoxy) is 1. The molecule has 0 bridgehead atoms. The smallest absolute Gasteiger partial charge is 0.416 e. The fourth-order valence-electron chi connectivity index (χ4n) is 3.61. The first-order chi connectivity index (χ1) is 15.5. The summed E-state index contributed by atoms with van der Waals surface area (Å²) >= 11 is 7.87. The van der Waals surface area contributed by atoms with E-state index >= 15 is 0 Å². The van der Waals surface area contributed by atoms with Crippen LogP contribution in [-0.4, -0.2) is 37.2 Å². The molecule has 0 aliphatic carbocycles. The second kappa shape index (κ2) is 8.72. The number of hydrogen-bond donors (Lipinski definition) is 0. The van der Waals surface area contributed by atoms with Gasteiger partial charge >= 0.3 is 6.09 Å². The molecule has 1 amide bonds. The predicted octanol–water partition coefficient (Wildman–Crippen LogP) is 5.84. The molecule has 0 spiro atoms. The highest BCUT2D eigenvalue weighted by molar-refractivity contribution is 7.11. The number of aromatic nitrogens is 3. The van der Waals surface area contributed by atoms with E-state index in [1.807, 2.05) is 13.0 Å². The minimum absolute atomic E-state index is 0.176. The van der Waals surface area contributed by atoms with Gasteiger partial charge in [-0.25, -0.2) is 24.1 Å². The number of halogens is 2. The summed E-state index contributed by atoms with van der Waals surface area (Å²) in [6.07, 6.45) is 2.82. The number of carbonyl (C=O) groups excluding carboxylic acids is 1. The maximum atomic E-state index is 13.9. The van der Waals surface area contributed by atoms with Gasteiger partial charge in [-0.1, -0.05) is 17.7 Å². The van der Waals surface area contributed by atoms with Gasteiger partial charge in [-0.15, -0.1) is 11.3 Å². The molecule has 172 valence electrons. The molecule has 0 fully saturated rings. The maximum Gasteiger partial charge on any atom is 0.416 e. The number of amides is 1. The van der Waals surface area contributed by atoms with Crippen LogP contribution in [0.3, 0.4) is 0 Å². The molecule has 33 heavy (non-hydrogen) atoms. The molecule has 4 rings (SSSR count). The molecule has 1 aliphatic heterocycles. The summed E-state index contributed by atoms with van der Waals surface area (Å²) in [5.74, 6) is -0.140. The van der Waals surface area contributed by atoms with E-state index in [1.165, 1.54) is 28.4 Å². The topological polar surface area (TPSA) is 72.6 Å². The summed E-state index contributed by atoms with van der Waals surface area (Å²) in [5, 5.41) is 7.07. The SMILES string of the molecule is CC1=C(c2ccn(C)n2)[C@H](c2ccc(F)cc2Cl)N(C(=O)OC(C)(C)C)C(c2nccs2)=N1. The fourth-order valence-corrected chi connectivity index (χ4v) is 4.50. The maximum absolute atomic E-state index is 13.9. The van der Waals surface area contributed by atoms with Crippen molar-refractivity contribution in [2.75, 3.05) is 0 Å². The van der Waals surface area contributed by atoms with Crippen molar-refractivity contribution in [1.82, 2.24) is 19.7 Å². The fraction of sp³-hybridized carbons (Fsp3) is 0.304. The largest absolute Gasteiger partial charge is 0.443 e. The van der Waals surface area contributed by atoms with Crippen molar-refractivity contribution in [3.63, 3.8) is 0 Å². The van der Waals surface area contributed by atoms with E-state index in [1.54, 1.807) is 56.3 Å². The Morgan fingerprint density at radius 1 is 1.27 bits per heavy atom. The zero-order valence-corrected chi connectivity index (χ0v) is 20.4. The van der Waals surface area contributed by atoms with Crippen LogP contribution in [0.2, 0.25) is 5.02 Å². The van der Waals surface area contributed by atoms with Gasteiger partial charge in [-0.05, 0) is 51.5 Å². The average molecular weight is 488 g/mol. The normalized spacial score (nSPS) is 16.8. The van der Waals surface area contributed by atoms with Crippen LogP contribution in [0.1, 0.15) is 50.0 Å². The average Bonchev–Trinajstić information content (AvgIpc) is 3.37. The van der Waals surface area contributed by atoms with Crippen molar-refractivity contribution in [3.8, 4) is 0 Å². The third-order valence-corrected chi connectivity index (χ3v) is 5.98. The number of allylic oxidation sites excluding steroid dienone is 1. The molecule has 1 atom stereocenters. The van der Waals surface area contributed by atoms with E-state index in [0.717, 1.165) is 0 Å². The third kappa shape index (κ3) is 4.69. The second-order valence-electron chi connectivity index (χ2n) is 8.57. The number of carbonyl (C=O) groups is 1. The monoisotopic (exact) mass is 487 g/mol. The summed E-state index contributed by atoms with van der Waals surface area (Å²) in [5.41, 5.74) is 1.69. The molecule has 10 heteroatoms. The molecule has 3 heterocycles. The lowest BCUT2D eigenvalue weighted by atomic mass is 9.91.